The van der Waals surface area contributed by atoms with Gasteiger partial charge >= 0.3 is 0 Å². The van der Waals surface area contributed by atoms with Crippen molar-refractivity contribution in [2.24, 2.45) is 0 Å². The normalized spacial score (nSPS) is 13.9. The minimum absolute atomic E-state index is 0.144. The van der Waals surface area contributed by atoms with Gasteiger partial charge in [-0.1, -0.05) is 6.07 Å². The Hall–Kier alpha value is -3.27. The molecule has 1 N–H and O–H groups in total. The maximum absolute atomic E-state index is 12.5. The SMILES string of the molecule is CN(C)c1nc(N2CCOCC2)ncc1NC(=O)c1cccc([N+](=O)[O-])c1. The quantitative estimate of drug-likeness (QED) is 0.621. The zero-order valence-electron chi connectivity index (χ0n) is 15.1. The van der Waals surface area contributed by atoms with Crippen molar-refractivity contribution >= 4 is 29.0 Å². The van der Waals surface area contributed by atoms with Crippen LogP contribution in [0.15, 0.2) is 30.5 Å². The van der Waals surface area contributed by atoms with Crippen LogP contribution in [0.3, 0.4) is 0 Å². The van der Waals surface area contributed by atoms with Crippen LogP contribution in [0.5, 0.6) is 0 Å². The molecule has 2 heterocycles. The van der Waals surface area contributed by atoms with Crippen LogP contribution in [-0.2, 0) is 4.74 Å². The number of nitrogens with zero attached hydrogens (tertiary/aromatic N) is 5. The van der Waals surface area contributed by atoms with Crippen molar-refractivity contribution in [3.05, 3.63) is 46.1 Å². The number of non-ortho nitro benzene ring substituents is 1. The maximum Gasteiger partial charge on any atom is 0.270 e. The second-order valence-corrected chi connectivity index (χ2v) is 6.16. The summed E-state index contributed by atoms with van der Waals surface area (Å²) in [7, 11) is 3.63. The summed E-state index contributed by atoms with van der Waals surface area (Å²) in [4.78, 5) is 35.6. The molecule has 0 atom stereocenters. The first kappa shape index (κ1) is 18.5. The van der Waals surface area contributed by atoms with Crippen LogP contribution in [0.4, 0.5) is 23.1 Å². The van der Waals surface area contributed by atoms with Crippen molar-refractivity contribution in [1.29, 1.82) is 0 Å². The summed E-state index contributed by atoms with van der Waals surface area (Å²) < 4.78 is 5.34. The predicted molar refractivity (Wildman–Crippen MR) is 100 cm³/mol. The van der Waals surface area contributed by atoms with E-state index in [4.69, 9.17) is 4.74 Å². The number of nitro groups is 1. The largest absolute Gasteiger partial charge is 0.378 e. The Morgan fingerprint density at radius 2 is 2.07 bits per heavy atom. The third-order valence-electron chi connectivity index (χ3n) is 4.04. The number of amides is 1. The van der Waals surface area contributed by atoms with E-state index in [1.54, 1.807) is 11.1 Å². The van der Waals surface area contributed by atoms with E-state index >= 15 is 0 Å². The number of rotatable bonds is 5. The van der Waals surface area contributed by atoms with E-state index < -0.39 is 10.8 Å². The average Bonchev–Trinajstić information content (AvgIpc) is 2.68. The lowest BCUT2D eigenvalue weighted by molar-refractivity contribution is -0.384. The van der Waals surface area contributed by atoms with Gasteiger partial charge in [0.1, 0.15) is 5.69 Å². The molecule has 10 nitrogen and oxygen atoms in total. The molecule has 1 aliphatic rings. The van der Waals surface area contributed by atoms with E-state index in [9.17, 15) is 14.9 Å². The average molecular weight is 372 g/mol. The molecule has 3 rings (SSSR count). The summed E-state index contributed by atoms with van der Waals surface area (Å²) in [5.41, 5.74) is 0.467. The molecule has 142 valence electrons. The number of ether oxygens (including phenoxy) is 1. The summed E-state index contributed by atoms with van der Waals surface area (Å²) in [5, 5.41) is 13.6. The fourth-order valence-electron chi connectivity index (χ4n) is 2.66. The van der Waals surface area contributed by atoms with E-state index in [0.717, 1.165) is 0 Å². The lowest BCUT2D eigenvalue weighted by Gasteiger charge is -2.28. The second kappa shape index (κ2) is 7.96. The molecule has 1 saturated heterocycles. The van der Waals surface area contributed by atoms with Crippen molar-refractivity contribution in [2.45, 2.75) is 0 Å². The maximum atomic E-state index is 12.5. The fourth-order valence-corrected chi connectivity index (χ4v) is 2.66. The van der Waals surface area contributed by atoms with Gasteiger partial charge in [0.05, 0.1) is 24.3 Å². The molecule has 0 bridgehead atoms. The van der Waals surface area contributed by atoms with Crippen LogP contribution in [0, 0.1) is 10.1 Å². The van der Waals surface area contributed by atoms with Crippen LogP contribution in [0.2, 0.25) is 0 Å². The highest BCUT2D eigenvalue weighted by molar-refractivity contribution is 6.05. The molecule has 1 aromatic heterocycles. The van der Waals surface area contributed by atoms with Crippen molar-refractivity contribution in [2.75, 3.05) is 55.5 Å². The van der Waals surface area contributed by atoms with Crippen LogP contribution in [0.25, 0.3) is 0 Å². The van der Waals surface area contributed by atoms with Crippen molar-refractivity contribution in [1.82, 2.24) is 9.97 Å². The number of nitrogens with one attached hydrogen (secondary N) is 1. The Kier molecular flexibility index (Phi) is 5.46. The summed E-state index contributed by atoms with van der Waals surface area (Å²) in [6, 6.07) is 5.55. The Bertz CT molecular complexity index is 851. The van der Waals surface area contributed by atoms with Gasteiger partial charge < -0.3 is 19.9 Å². The van der Waals surface area contributed by atoms with Gasteiger partial charge in [-0.05, 0) is 6.07 Å². The standard InChI is InChI=1S/C17H20N6O4/c1-21(2)15-14(11-18-17(20-15)22-6-8-27-9-7-22)19-16(24)12-4-3-5-13(10-12)23(25)26/h3-5,10-11H,6-9H2,1-2H3,(H,19,24). The van der Waals surface area contributed by atoms with Gasteiger partial charge in [-0.2, -0.15) is 4.98 Å². The summed E-state index contributed by atoms with van der Waals surface area (Å²) in [6.07, 6.45) is 1.54. The first-order valence-electron chi connectivity index (χ1n) is 8.38. The Labute approximate surface area is 155 Å². The smallest absolute Gasteiger partial charge is 0.270 e. The zero-order chi connectivity index (χ0) is 19.4. The minimum Gasteiger partial charge on any atom is -0.378 e. The van der Waals surface area contributed by atoms with Gasteiger partial charge in [-0.3, -0.25) is 14.9 Å². The molecule has 1 aromatic carbocycles. The highest BCUT2D eigenvalue weighted by Crippen LogP contribution is 2.25. The minimum atomic E-state index is -0.539. The lowest BCUT2D eigenvalue weighted by Crippen LogP contribution is -2.37. The van der Waals surface area contributed by atoms with E-state index in [1.165, 1.54) is 24.3 Å². The fraction of sp³-hybridized carbons (Fsp3) is 0.353. The first-order valence-corrected chi connectivity index (χ1v) is 8.38. The van der Waals surface area contributed by atoms with E-state index in [-0.39, 0.29) is 11.3 Å². The first-order chi connectivity index (χ1) is 13.0. The highest BCUT2D eigenvalue weighted by Gasteiger charge is 2.19. The van der Waals surface area contributed by atoms with Crippen LogP contribution < -0.4 is 15.1 Å². The number of benzene rings is 1. The molecule has 27 heavy (non-hydrogen) atoms. The van der Waals surface area contributed by atoms with Gasteiger partial charge in [0.25, 0.3) is 11.6 Å². The molecule has 1 fully saturated rings. The number of morpholine rings is 1. The predicted octanol–water partition coefficient (Wildman–Crippen LogP) is 1.54. The molecule has 0 saturated carbocycles. The number of nitro benzene ring substituents is 1. The Morgan fingerprint density at radius 3 is 2.74 bits per heavy atom. The molecule has 0 aliphatic carbocycles. The van der Waals surface area contributed by atoms with E-state index in [0.29, 0.717) is 43.8 Å². The van der Waals surface area contributed by atoms with Gasteiger partial charge in [0, 0.05) is 44.9 Å². The topological polar surface area (TPSA) is 114 Å². The van der Waals surface area contributed by atoms with Gasteiger partial charge in [0.15, 0.2) is 5.82 Å². The number of carbonyl (C=O) groups is 1. The zero-order valence-corrected chi connectivity index (χ0v) is 15.1. The van der Waals surface area contributed by atoms with Crippen LogP contribution in [-0.4, -0.2) is 61.2 Å². The summed E-state index contributed by atoms with van der Waals surface area (Å²) in [6.45, 7) is 2.64. The molecule has 1 amide bonds. The summed E-state index contributed by atoms with van der Waals surface area (Å²) in [5.74, 6) is 0.644. The number of anilines is 3. The molecule has 0 spiro atoms. The molecular formula is C17H20N6O4. The molecule has 1 aliphatic heterocycles. The third kappa shape index (κ3) is 4.29. The lowest BCUT2D eigenvalue weighted by atomic mass is 10.2. The van der Waals surface area contributed by atoms with Crippen molar-refractivity contribution < 1.29 is 14.5 Å². The van der Waals surface area contributed by atoms with Gasteiger partial charge in [0.2, 0.25) is 5.95 Å². The Morgan fingerprint density at radius 1 is 1.33 bits per heavy atom. The van der Waals surface area contributed by atoms with E-state index in [2.05, 4.69) is 15.3 Å². The molecule has 10 heteroatoms. The van der Waals surface area contributed by atoms with Gasteiger partial charge in [-0.25, -0.2) is 4.98 Å². The van der Waals surface area contributed by atoms with Crippen LogP contribution >= 0.6 is 0 Å². The number of hydrogen-bond acceptors (Lipinski definition) is 8. The number of aromatic nitrogens is 2. The van der Waals surface area contributed by atoms with Crippen molar-refractivity contribution in [3.8, 4) is 0 Å². The van der Waals surface area contributed by atoms with E-state index in [1.807, 2.05) is 19.0 Å². The third-order valence-corrected chi connectivity index (χ3v) is 4.04. The monoisotopic (exact) mass is 372 g/mol. The molecule has 0 radical (unpaired) electrons. The highest BCUT2D eigenvalue weighted by atomic mass is 16.6. The number of carbonyl (C=O) groups excluding carboxylic acids is 1. The van der Waals surface area contributed by atoms with Gasteiger partial charge in [-0.15, -0.1) is 0 Å². The van der Waals surface area contributed by atoms with Crippen molar-refractivity contribution in [3.63, 3.8) is 0 Å². The number of hydrogen-bond donors (Lipinski definition) is 1. The molecule has 2 aromatic rings. The Balaban J connectivity index is 1.84. The summed E-state index contributed by atoms with van der Waals surface area (Å²) >= 11 is 0. The second-order valence-electron chi connectivity index (χ2n) is 6.16. The van der Waals surface area contributed by atoms with Crippen LogP contribution in [0.1, 0.15) is 10.4 Å². The molecular weight excluding hydrogens is 352 g/mol. The molecule has 0 unspecified atom stereocenters.